The SMILES string of the molecule is C=C(C)C(=O)O.O=c1n(CCO)c(=O)n(CCO)c(=O)n1CCO. The van der Waals surface area contributed by atoms with Crippen LogP contribution in [0.5, 0.6) is 0 Å². The quantitative estimate of drug-likeness (QED) is 0.374. The van der Waals surface area contributed by atoms with E-state index < -0.39 is 42.9 Å². The number of carboxylic acids is 1. The first kappa shape index (κ1) is 21.5. The van der Waals surface area contributed by atoms with Crippen molar-refractivity contribution in [3.05, 3.63) is 43.6 Å². The van der Waals surface area contributed by atoms with Crippen LogP contribution < -0.4 is 17.1 Å². The average Bonchev–Trinajstić information content (AvgIpc) is 2.53. The smallest absolute Gasteiger partial charge is 0.336 e. The molecule has 1 aromatic rings. The summed E-state index contributed by atoms with van der Waals surface area (Å²) in [5, 5.41) is 34.2. The summed E-state index contributed by atoms with van der Waals surface area (Å²) in [7, 11) is 0. The molecule has 24 heavy (non-hydrogen) atoms. The van der Waals surface area contributed by atoms with Gasteiger partial charge in [0, 0.05) is 5.57 Å². The van der Waals surface area contributed by atoms with E-state index in [0.717, 1.165) is 0 Å². The van der Waals surface area contributed by atoms with Crippen molar-refractivity contribution in [3.63, 3.8) is 0 Å². The summed E-state index contributed by atoms with van der Waals surface area (Å²) in [5.74, 6) is -0.935. The van der Waals surface area contributed by atoms with Crippen LogP contribution >= 0.6 is 0 Å². The van der Waals surface area contributed by atoms with E-state index in [1.54, 1.807) is 0 Å². The molecule has 0 fully saturated rings. The summed E-state index contributed by atoms with van der Waals surface area (Å²) in [6.45, 7) is 2.52. The van der Waals surface area contributed by atoms with Crippen molar-refractivity contribution in [2.45, 2.75) is 26.6 Å². The van der Waals surface area contributed by atoms with Crippen LogP contribution in [0.4, 0.5) is 0 Å². The van der Waals surface area contributed by atoms with Crippen LogP contribution in [0.2, 0.25) is 0 Å². The predicted molar refractivity (Wildman–Crippen MR) is 82.9 cm³/mol. The van der Waals surface area contributed by atoms with Crippen molar-refractivity contribution in [2.75, 3.05) is 19.8 Å². The Labute approximate surface area is 136 Å². The molecule has 0 bridgehead atoms. The van der Waals surface area contributed by atoms with E-state index in [1.165, 1.54) is 6.92 Å². The highest BCUT2D eigenvalue weighted by molar-refractivity contribution is 5.84. The monoisotopic (exact) mass is 347 g/mol. The van der Waals surface area contributed by atoms with E-state index in [4.69, 9.17) is 20.4 Å². The molecular weight excluding hydrogens is 326 g/mol. The number of aliphatic hydroxyl groups excluding tert-OH is 3. The van der Waals surface area contributed by atoms with Crippen molar-refractivity contribution in [3.8, 4) is 0 Å². The first-order valence-electron chi connectivity index (χ1n) is 6.88. The van der Waals surface area contributed by atoms with E-state index in [-0.39, 0.29) is 25.2 Å². The first-order valence-corrected chi connectivity index (χ1v) is 6.88. The van der Waals surface area contributed by atoms with E-state index in [2.05, 4.69) is 6.58 Å². The molecule has 136 valence electrons. The molecule has 0 unspecified atom stereocenters. The van der Waals surface area contributed by atoms with Crippen LogP contribution in [-0.4, -0.2) is 59.9 Å². The topological polar surface area (TPSA) is 164 Å². The summed E-state index contributed by atoms with van der Waals surface area (Å²) in [4.78, 5) is 44.9. The van der Waals surface area contributed by atoms with Gasteiger partial charge < -0.3 is 20.4 Å². The minimum Gasteiger partial charge on any atom is -0.478 e. The number of rotatable bonds is 7. The molecule has 11 nitrogen and oxygen atoms in total. The Bertz CT molecular complexity index is 620. The normalized spacial score (nSPS) is 10.0. The van der Waals surface area contributed by atoms with Crippen molar-refractivity contribution in [2.24, 2.45) is 0 Å². The molecular formula is C13H21N3O8. The highest BCUT2D eigenvalue weighted by Crippen LogP contribution is 1.81. The van der Waals surface area contributed by atoms with Gasteiger partial charge in [0.1, 0.15) is 0 Å². The molecule has 0 aliphatic rings. The third kappa shape index (κ3) is 5.61. The summed E-state index contributed by atoms with van der Waals surface area (Å²) in [5.41, 5.74) is -2.48. The lowest BCUT2D eigenvalue weighted by Crippen LogP contribution is -2.55. The summed E-state index contributed by atoms with van der Waals surface area (Å²) >= 11 is 0. The third-order valence-electron chi connectivity index (χ3n) is 2.72. The largest absolute Gasteiger partial charge is 0.478 e. The minimum atomic E-state index is -0.935. The van der Waals surface area contributed by atoms with Gasteiger partial charge in [-0.3, -0.25) is 0 Å². The van der Waals surface area contributed by atoms with Crippen molar-refractivity contribution in [1.29, 1.82) is 0 Å². The highest BCUT2D eigenvalue weighted by atomic mass is 16.4. The lowest BCUT2D eigenvalue weighted by molar-refractivity contribution is -0.132. The van der Waals surface area contributed by atoms with Gasteiger partial charge in [-0.15, -0.1) is 0 Å². The average molecular weight is 347 g/mol. The van der Waals surface area contributed by atoms with E-state index in [9.17, 15) is 19.2 Å². The van der Waals surface area contributed by atoms with Crippen LogP contribution in [0.25, 0.3) is 0 Å². The number of aliphatic carboxylic acids is 1. The third-order valence-corrected chi connectivity index (χ3v) is 2.72. The first-order chi connectivity index (χ1) is 11.2. The molecule has 0 spiro atoms. The lowest BCUT2D eigenvalue weighted by Gasteiger charge is -2.11. The number of aromatic nitrogens is 3. The second kappa shape index (κ2) is 10.3. The van der Waals surface area contributed by atoms with Gasteiger partial charge in [-0.05, 0) is 6.92 Å². The molecule has 0 atom stereocenters. The summed E-state index contributed by atoms with van der Waals surface area (Å²) in [6.07, 6.45) is 0. The molecule has 0 amide bonds. The fraction of sp³-hybridized carbons (Fsp3) is 0.538. The van der Waals surface area contributed by atoms with E-state index in [0.29, 0.717) is 13.7 Å². The molecule has 0 aliphatic heterocycles. The van der Waals surface area contributed by atoms with Gasteiger partial charge in [-0.25, -0.2) is 32.9 Å². The number of hydrogen-bond donors (Lipinski definition) is 4. The van der Waals surface area contributed by atoms with Crippen LogP contribution in [0, 0.1) is 0 Å². The second-order valence-corrected chi connectivity index (χ2v) is 4.56. The van der Waals surface area contributed by atoms with Gasteiger partial charge >= 0.3 is 23.0 Å². The molecule has 0 radical (unpaired) electrons. The Kier molecular flexibility index (Phi) is 9.23. The number of carboxylic acid groups (broad SMARTS) is 1. The predicted octanol–water partition coefficient (Wildman–Crippen LogP) is -3.20. The van der Waals surface area contributed by atoms with Gasteiger partial charge in [0.05, 0.1) is 39.5 Å². The van der Waals surface area contributed by atoms with E-state index >= 15 is 0 Å². The van der Waals surface area contributed by atoms with Crippen LogP contribution in [0.3, 0.4) is 0 Å². The number of hydrogen-bond acceptors (Lipinski definition) is 7. The minimum absolute atomic E-state index is 0.176. The summed E-state index contributed by atoms with van der Waals surface area (Å²) < 4.78 is 2.06. The second-order valence-electron chi connectivity index (χ2n) is 4.56. The molecule has 0 saturated heterocycles. The van der Waals surface area contributed by atoms with Gasteiger partial charge in [0.25, 0.3) is 0 Å². The molecule has 11 heteroatoms. The Morgan fingerprint density at radius 2 is 1.04 bits per heavy atom. The van der Waals surface area contributed by atoms with Crippen molar-refractivity contribution < 1.29 is 25.2 Å². The highest BCUT2D eigenvalue weighted by Gasteiger charge is 2.14. The van der Waals surface area contributed by atoms with Crippen molar-refractivity contribution in [1.82, 2.24) is 13.7 Å². The summed E-state index contributed by atoms with van der Waals surface area (Å²) in [6, 6.07) is 0. The molecule has 1 heterocycles. The Morgan fingerprint density at radius 1 is 0.833 bits per heavy atom. The molecule has 1 aromatic heterocycles. The molecule has 0 aromatic carbocycles. The molecule has 0 saturated carbocycles. The molecule has 1 rings (SSSR count). The maximum atomic E-state index is 11.8. The Hall–Kier alpha value is -2.50. The maximum absolute atomic E-state index is 11.8. The lowest BCUT2D eigenvalue weighted by atomic mass is 10.4. The van der Waals surface area contributed by atoms with Gasteiger partial charge in [0.2, 0.25) is 0 Å². The van der Waals surface area contributed by atoms with E-state index in [1.807, 2.05) is 0 Å². The number of aliphatic hydroxyl groups is 3. The Balaban J connectivity index is 0.000000754. The Morgan fingerprint density at radius 3 is 1.17 bits per heavy atom. The standard InChI is InChI=1S/C9H15N3O6.C4H6O2/c13-4-1-10-7(16)11(2-5-14)9(18)12(3-6-15)8(10)17;1-3(2)4(5)6/h13-15H,1-6H2;1H2,2H3,(H,5,6). The zero-order chi connectivity index (χ0) is 18.9. The molecule has 0 aliphatic carbocycles. The van der Waals surface area contributed by atoms with Gasteiger partial charge in [-0.1, -0.05) is 6.58 Å². The van der Waals surface area contributed by atoms with Crippen molar-refractivity contribution >= 4 is 5.97 Å². The van der Waals surface area contributed by atoms with Crippen LogP contribution in [0.1, 0.15) is 6.92 Å². The number of nitrogens with zero attached hydrogens (tertiary/aromatic N) is 3. The van der Waals surface area contributed by atoms with Gasteiger partial charge in [-0.2, -0.15) is 0 Å². The van der Waals surface area contributed by atoms with Crippen LogP contribution in [0.15, 0.2) is 26.5 Å². The number of carbonyl (C=O) groups is 1. The fourth-order valence-corrected chi connectivity index (χ4v) is 1.56. The van der Waals surface area contributed by atoms with Gasteiger partial charge in [0.15, 0.2) is 0 Å². The zero-order valence-electron chi connectivity index (χ0n) is 13.2. The molecule has 4 N–H and O–H groups in total. The maximum Gasteiger partial charge on any atom is 0.336 e. The zero-order valence-corrected chi connectivity index (χ0v) is 13.2. The fourth-order valence-electron chi connectivity index (χ4n) is 1.56. The van der Waals surface area contributed by atoms with Crippen LogP contribution in [-0.2, 0) is 24.4 Å².